The first-order valence-corrected chi connectivity index (χ1v) is 10.8. The number of anilines is 1. The molecule has 1 aromatic heterocycles. The molecule has 33 heavy (non-hydrogen) atoms. The number of nitrogens with one attached hydrogen (secondary N) is 3. The molecule has 0 saturated heterocycles. The first-order chi connectivity index (χ1) is 16.0. The highest BCUT2D eigenvalue weighted by molar-refractivity contribution is 7.80. The van der Waals surface area contributed by atoms with E-state index < -0.39 is 0 Å². The van der Waals surface area contributed by atoms with Crippen molar-refractivity contribution in [1.82, 2.24) is 15.8 Å². The van der Waals surface area contributed by atoms with E-state index in [1.165, 1.54) is 0 Å². The van der Waals surface area contributed by atoms with E-state index >= 15 is 0 Å². The fraction of sp³-hybridized carbons (Fsp3) is 0.115. The van der Waals surface area contributed by atoms with Crippen LogP contribution >= 0.6 is 12.2 Å². The van der Waals surface area contributed by atoms with Crippen molar-refractivity contribution in [3.63, 3.8) is 0 Å². The number of methoxy groups -OCH3 is 1. The molecule has 0 atom stereocenters. The summed E-state index contributed by atoms with van der Waals surface area (Å²) in [5.41, 5.74) is 11.4. The third-order valence-electron chi connectivity index (χ3n) is 5.49. The van der Waals surface area contributed by atoms with Gasteiger partial charge in [0.05, 0.1) is 23.9 Å². The maximum absolute atomic E-state index is 13.1. The Morgan fingerprint density at radius 3 is 2.45 bits per heavy atom. The van der Waals surface area contributed by atoms with Crippen molar-refractivity contribution < 1.29 is 9.53 Å². The molecule has 0 aliphatic heterocycles. The van der Waals surface area contributed by atoms with Gasteiger partial charge in [-0.2, -0.15) is 0 Å². The van der Waals surface area contributed by atoms with Crippen LogP contribution in [0.2, 0.25) is 0 Å². The number of benzene rings is 3. The van der Waals surface area contributed by atoms with Gasteiger partial charge in [0.1, 0.15) is 5.75 Å². The molecule has 0 aliphatic rings. The number of aryl methyl sites for hydroxylation is 1. The van der Waals surface area contributed by atoms with Gasteiger partial charge < -0.3 is 10.1 Å². The summed E-state index contributed by atoms with van der Waals surface area (Å²) in [7, 11) is 1.62. The van der Waals surface area contributed by atoms with Crippen LogP contribution in [0.15, 0.2) is 72.8 Å². The van der Waals surface area contributed by atoms with Gasteiger partial charge in [0.15, 0.2) is 5.11 Å². The molecule has 166 valence electrons. The minimum absolute atomic E-state index is 0.297. The number of para-hydroxylation sites is 1. The number of nitrogens with zero attached hydrogens (tertiary/aromatic N) is 1. The van der Waals surface area contributed by atoms with Gasteiger partial charge in [0.25, 0.3) is 5.91 Å². The van der Waals surface area contributed by atoms with Crippen LogP contribution in [0.1, 0.15) is 21.5 Å². The van der Waals surface area contributed by atoms with E-state index in [0.29, 0.717) is 16.4 Å². The predicted molar refractivity (Wildman–Crippen MR) is 136 cm³/mol. The van der Waals surface area contributed by atoms with Crippen LogP contribution in [0.3, 0.4) is 0 Å². The molecule has 0 saturated carbocycles. The average molecular weight is 457 g/mol. The average Bonchev–Trinajstić information content (AvgIpc) is 2.84. The molecule has 6 nitrogen and oxygen atoms in total. The van der Waals surface area contributed by atoms with Gasteiger partial charge in [-0.05, 0) is 79.7 Å². The maximum atomic E-state index is 13.1. The molecular weight excluding hydrogens is 432 g/mol. The van der Waals surface area contributed by atoms with Crippen LogP contribution in [0, 0.1) is 13.8 Å². The molecule has 0 radical (unpaired) electrons. The number of carbonyl (C=O) groups excluding carboxylic acids is 1. The molecule has 0 unspecified atom stereocenters. The number of hydrogen-bond donors (Lipinski definition) is 3. The normalized spacial score (nSPS) is 10.5. The molecule has 1 heterocycles. The van der Waals surface area contributed by atoms with Gasteiger partial charge >= 0.3 is 0 Å². The topological polar surface area (TPSA) is 75.3 Å². The van der Waals surface area contributed by atoms with Gasteiger partial charge in [0.2, 0.25) is 0 Å². The van der Waals surface area contributed by atoms with Crippen LogP contribution in [-0.2, 0) is 0 Å². The van der Waals surface area contributed by atoms with E-state index in [0.717, 1.165) is 39.0 Å². The molecular formula is C26H24N4O2S. The molecule has 0 bridgehead atoms. The molecule has 0 fully saturated rings. The van der Waals surface area contributed by atoms with Gasteiger partial charge in [-0.15, -0.1) is 0 Å². The second-order valence-corrected chi connectivity index (χ2v) is 7.99. The minimum atomic E-state index is -0.312. The lowest BCUT2D eigenvalue weighted by molar-refractivity contribution is 0.0946. The Morgan fingerprint density at radius 2 is 1.70 bits per heavy atom. The van der Waals surface area contributed by atoms with E-state index in [1.54, 1.807) is 13.2 Å². The van der Waals surface area contributed by atoms with Crippen LogP contribution in [0.4, 0.5) is 5.69 Å². The highest BCUT2D eigenvalue weighted by Gasteiger charge is 2.14. The van der Waals surface area contributed by atoms with Crippen molar-refractivity contribution in [2.24, 2.45) is 0 Å². The van der Waals surface area contributed by atoms with E-state index in [1.807, 2.05) is 80.6 Å². The standard InChI is InChI=1S/C26H24N4O2S/c1-16-7-6-10-22(17(16)2)28-26(33)30-29-25(31)21-15-24(18-11-13-19(32-3)14-12-18)27-23-9-5-4-8-20(21)23/h4-15H,1-3H3,(H,29,31)(H2,28,30,33). The Hall–Kier alpha value is -3.97. The summed E-state index contributed by atoms with van der Waals surface area (Å²) >= 11 is 5.37. The Bertz CT molecular complexity index is 1340. The molecule has 3 N–H and O–H groups in total. The van der Waals surface area contributed by atoms with Gasteiger partial charge in [-0.25, -0.2) is 4.98 Å². The number of hydrazine groups is 1. The number of ether oxygens (including phenoxy) is 1. The van der Waals surface area contributed by atoms with Crippen molar-refractivity contribution in [1.29, 1.82) is 0 Å². The number of hydrogen-bond acceptors (Lipinski definition) is 4. The second-order valence-electron chi connectivity index (χ2n) is 7.58. The summed E-state index contributed by atoms with van der Waals surface area (Å²) in [5.74, 6) is 0.444. The van der Waals surface area contributed by atoms with E-state index in [2.05, 4.69) is 16.2 Å². The van der Waals surface area contributed by atoms with Crippen LogP contribution in [0.5, 0.6) is 5.75 Å². The fourth-order valence-corrected chi connectivity index (χ4v) is 3.65. The Kier molecular flexibility index (Phi) is 6.51. The zero-order valence-electron chi connectivity index (χ0n) is 18.6. The quantitative estimate of drug-likeness (QED) is 0.291. The summed E-state index contributed by atoms with van der Waals surface area (Å²) in [6.07, 6.45) is 0. The van der Waals surface area contributed by atoms with Gasteiger partial charge in [0, 0.05) is 16.6 Å². The molecule has 3 aromatic carbocycles. The van der Waals surface area contributed by atoms with E-state index in [4.69, 9.17) is 21.9 Å². The fourth-order valence-electron chi connectivity index (χ4n) is 3.49. The highest BCUT2D eigenvalue weighted by atomic mass is 32.1. The second kappa shape index (κ2) is 9.67. The van der Waals surface area contributed by atoms with Gasteiger partial charge in [-0.1, -0.05) is 30.3 Å². The largest absolute Gasteiger partial charge is 0.497 e. The van der Waals surface area contributed by atoms with Crippen molar-refractivity contribution in [2.75, 3.05) is 12.4 Å². The zero-order valence-corrected chi connectivity index (χ0v) is 19.4. The Labute approximate surface area is 198 Å². The predicted octanol–water partition coefficient (Wildman–Crippen LogP) is 5.16. The van der Waals surface area contributed by atoms with Crippen LogP contribution in [-0.4, -0.2) is 23.1 Å². The highest BCUT2D eigenvalue weighted by Crippen LogP contribution is 2.26. The Balaban J connectivity index is 1.56. The number of fused-ring (bicyclic) bond motifs is 1. The lowest BCUT2D eigenvalue weighted by Gasteiger charge is -2.15. The number of thiocarbonyl (C=S) groups is 1. The molecule has 0 spiro atoms. The monoisotopic (exact) mass is 456 g/mol. The third-order valence-corrected chi connectivity index (χ3v) is 5.69. The van der Waals surface area contributed by atoms with E-state index in [9.17, 15) is 4.79 Å². The first-order valence-electron chi connectivity index (χ1n) is 10.4. The number of rotatable bonds is 4. The minimum Gasteiger partial charge on any atom is -0.497 e. The first kappa shape index (κ1) is 22.2. The Morgan fingerprint density at radius 1 is 0.939 bits per heavy atom. The van der Waals surface area contributed by atoms with Crippen LogP contribution < -0.4 is 20.9 Å². The van der Waals surface area contributed by atoms with Gasteiger partial charge in [-0.3, -0.25) is 15.6 Å². The molecule has 1 amide bonds. The smallest absolute Gasteiger partial charge is 0.270 e. The number of carbonyl (C=O) groups is 1. The number of aromatic nitrogens is 1. The van der Waals surface area contributed by atoms with Crippen molar-refractivity contribution >= 4 is 39.8 Å². The van der Waals surface area contributed by atoms with Crippen molar-refractivity contribution in [3.8, 4) is 17.0 Å². The maximum Gasteiger partial charge on any atom is 0.270 e. The molecule has 4 rings (SSSR count). The van der Waals surface area contributed by atoms with Crippen molar-refractivity contribution in [2.45, 2.75) is 13.8 Å². The summed E-state index contributed by atoms with van der Waals surface area (Å²) in [6.45, 7) is 4.05. The summed E-state index contributed by atoms with van der Waals surface area (Å²) in [4.78, 5) is 17.8. The van der Waals surface area contributed by atoms with E-state index in [-0.39, 0.29) is 5.91 Å². The number of amides is 1. The van der Waals surface area contributed by atoms with Crippen molar-refractivity contribution in [3.05, 3.63) is 89.5 Å². The lowest BCUT2D eigenvalue weighted by atomic mass is 10.0. The van der Waals surface area contributed by atoms with Crippen LogP contribution in [0.25, 0.3) is 22.2 Å². The SMILES string of the molecule is COc1ccc(-c2cc(C(=O)NNC(=S)Nc3cccc(C)c3C)c3ccccc3n2)cc1. The summed E-state index contributed by atoms with van der Waals surface area (Å²) in [5, 5.41) is 4.17. The number of pyridine rings is 1. The molecule has 0 aliphatic carbocycles. The lowest BCUT2D eigenvalue weighted by Crippen LogP contribution is -2.44. The summed E-state index contributed by atoms with van der Waals surface area (Å²) in [6, 6.07) is 22.8. The molecule has 4 aromatic rings. The third kappa shape index (κ3) is 4.94. The molecule has 7 heteroatoms. The zero-order chi connectivity index (χ0) is 23.4. The summed E-state index contributed by atoms with van der Waals surface area (Å²) < 4.78 is 5.24.